The van der Waals surface area contributed by atoms with Gasteiger partial charge >= 0.3 is 0 Å². The van der Waals surface area contributed by atoms with E-state index >= 15 is 0 Å². The molecule has 12 rings (SSSR count). The van der Waals surface area contributed by atoms with Crippen LogP contribution in [0.15, 0.2) is 253 Å². The fourth-order valence-corrected chi connectivity index (χ4v) is 9.37. The minimum atomic E-state index is 0.896. The Balaban J connectivity index is 0.899. The summed E-state index contributed by atoms with van der Waals surface area (Å²) in [5, 5.41) is 7.09. The monoisotopic (exact) mass is 815 g/mol. The second-order valence-corrected chi connectivity index (χ2v) is 16.5. The summed E-state index contributed by atoms with van der Waals surface area (Å²) in [7, 11) is 0. The van der Waals surface area contributed by atoms with E-state index in [1.807, 2.05) is 0 Å². The van der Waals surface area contributed by atoms with E-state index in [2.05, 4.69) is 254 Å². The van der Waals surface area contributed by atoms with Crippen LogP contribution in [0.3, 0.4) is 0 Å². The molecule has 1 aromatic heterocycles. The molecule has 2 nitrogen and oxygen atoms in total. The molecule has 1 heterocycles. The van der Waals surface area contributed by atoms with Gasteiger partial charge in [0.15, 0.2) is 0 Å². The van der Waals surface area contributed by atoms with E-state index in [4.69, 9.17) is 4.42 Å². The maximum Gasteiger partial charge on any atom is 0.143 e. The van der Waals surface area contributed by atoms with Gasteiger partial charge in [0, 0.05) is 33.2 Å². The van der Waals surface area contributed by atoms with Crippen LogP contribution < -0.4 is 4.90 Å². The first-order chi connectivity index (χ1) is 31.7. The summed E-state index contributed by atoms with van der Waals surface area (Å²) in [6.07, 6.45) is 0. The third-order valence-electron chi connectivity index (χ3n) is 12.7. The number of furan rings is 1. The lowest BCUT2D eigenvalue weighted by molar-refractivity contribution is 0.673. The Bertz CT molecular complexity index is 3620. The first-order valence-electron chi connectivity index (χ1n) is 21.9. The third kappa shape index (κ3) is 6.79. The van der Waals surface area contributed by atoms with Crippen LogP contribution in [0.2, 0.25) is 0 Å². The van der Waals surface area contributed by atoms with Crippen molar-refractivity contribution in [1.29, 1.82) is 0 Å². The quantitative estimate of drug-likeness (QED) is 0.152. The first kappa shape index (κ1) is 37.3. The smallest absolute Gasteiger partial charge is 0.143 e. The van der Waals surface area contributed by atoms with Gasteiger partial charge in [-0.2, -0.15) is 0 Å². The molecule has 0 fully saturated rings. The van der Waals surface area contributed by atoms with E-state index in [0.29, 0.717) is 0 Å². The highest BCUT2D eigenvalue weighted by atomic mass is 16.3. The highest BCUT2D eigenvalue weighted by molar-refractivity contribution is 6.19. The Labute approximate surface area is 372 Å². The summed E-state index contributed by atoms with van der Waals surface area (Å²) in [6, 6.07) is 89.6. The summed E-state index contributed by atoms with van der Waals surface area (Å²) < 4.78 is 6.55. The zero-order valence-electron chi connectivity index (χ0n) is 35.0. The average Bonchev–Trinajstić information content (AvgIpc) is 3.77. The van der Waals surface area contributed by atoms with Crippen molar-refractivity contribution in [3.05, 3.63) is 249 Å². The molecule has 0 aliphatic carbocycles. The van der Waals surface area contributed by atoms with Crippen molar-refractivity contribution in [2.24, 2.45) is 0 Å². The van der Waals surface area contributed by atoms with Crippen molar-refractivity contribution >= 4 is 60.5 Å². The van der Waals surface area contributed by atoms with E-state index in [1.54, 1.807) is 0 Å². The number of fused-ring (bicyclic) bond motifs is 6. The molecule has 0 amide bonds. The molecule has 0 N–H and O–H groups in total. The summed E-state index contributed by atoms with van der Waals surface area (Å²) in [4.78, 5) is 2.35. The Hall–Kier alpha value is -8.46. The van der Waals surface area contributed by atoms with Crippen molar-refractivity contribution < 1.29 is 4.42 Å². The van der Waals surface area contributed by atoms with E-state index in [-0.39, 0.29) is 0 Å². The first-order valence-corrected chi connectivity index (χ1v) is 21.9. The lowest BCUT2D eigenvalue weighted by atomic mass is 9.97. The minimum absolute atomic E-state index is 0.896. The Morgan fingerprint density at radius 3 is 1.38 bits per heavy atom. The molecule has 0 unspecified atom stereocenters. The number of benzene rings is 11. The van der Waals surface area contributed by atoms with Crippen LogP contribution in [-0.2, 0) is 0 Å². The van der Waals surface area contributed by atoms with Gasteiger partial charge in [0.25, 0.3) is 0 Å². The molecule has 11 aromatic carbocycles. The second-order valence-electron chi connectivity index (χ2n) is 16.5. The third-order valence-corrected chi connectivity index (χ3v) is 12.7. The minimum Gasteiger partial charge on any atom is -0.455 e. The van der Waals surface area contributed by atoms with Gasteiger partial charge in [-0.15, -0.1) is 0 Å². The molecule has 64 heavy (non-hydrogen) atoms. The molecule has 0 atom stereocenters. The van der Waals surface area contributed by atoms with Gasteiger partial charge < -0.3 is 9.32 Å². The van der Waals surface area contributed by atoms with E-state index in [9.17, 15) is 0 Å². The van der Waals surface area contributed by atoms with E-state index in [1.165, 1.54) is 60.7 Å². The Kier molecular flexibility index (Phi) is 9.20. The maximum atomic E-state index is 6.55. The molecule has 0 aliphatic rings. The molecular weight excluding hydrogens is 775 g/mol. The predicted molar refractivity (Wildman–Crippen MR) is 271 cm³/mol. The van der Waals surface area contributed by atoms with Gasteiger partial charge in [0.1, 0.15) is 11.2 Å². The van der Waals surface area contributed by atoms with Crippen molar-refractivity contribution in [1.82, 2.24) is 0 Å². The SMILES string of the molecule is c1ccc(-c2cccc(-c3ccc(N(c4ccc(-c5ccc(-c6ccc7ccccc7c6)cc5)cc4)c4ccc(-c5cccc6oc7c8ccccc8ccc7c56)cc4)cc3)c2)cc1. The van der Waals surface area contributed by atoms with Crippen molar-refractivity contribution in [2.75, 3.05) is 4.90 Å². The van der Waals surface area contributed by atoms with Gasteiger partial charge in [-0.05, 0) is 132 Å². The van der Waals surface area contributed by atoms with Gasteiger partial charge in [0.2, 0.25) is 0 Å². The summed E-state index contributed by atoms with van der Waals surface area (Å²) in [5.41, 5.74) is 16.9. The number of nitrogens with zero attached hydrogens (tertiary/aromatic N) is 1. The molecule has 0 bridgehead atoms. The Morgan fingerprint density at radius 1 is 0.266 bits per heavy atom. The fourth-order valence-electron chi connectivity index (χ4n) is 9.37. The topological polar surface area (TPSA) is 16.4 Å². The van der Waals surface area contributed by atoms with Crippen LogP contribution in [0.5, 0.6) is 0 Å². The molecule has 0 spiro atoms. The standard InChI is InChI=1S/C62H41NO/c1-2-10-42(11-3-1)51-15-8-16-52(40-51)47-28-35-55(36-29-47)63(54-33-26-45(27-34-54)44-20-22-46(23-21-44)53-25-24-43-12-4-5-14-50(43)41-53)56-37-30-49(31-38-56)57-18-9-19-60-61(57)59-39-32-48-13-6-7-17-58(48)62(59)64-60/h1-41H. The second kappa shape index (κ2) is 15.8. The summed E-state index contributed by atoms with van der Waals surface area (Å²) >= 11 is 0. The van der Waals surface area contributed by atoms with Crippen LogP contribution in [0.4, 0.5) is 17.1 Å². The lowest BCUT2D eigenvalue weighted by Gasteiger charge is -2.26. The van der Waals surface area contributed by atoms with Gasteiger partial charge in [0.05, 0.1) is 0 Å². The zero-order chi connectivity index (χ0) is 42.4. The zero-order valence-corrected chi connectivity index (χ0v) is 35.0. The number of hydrogen-bond acceptors (Lipinski definition) is 2. The average molecular weight is 816 g/mol. The predicted octanol–water partition coefficient (Wildman–Crippen LogP) is 17.7. The van der Waals surface area contributed by atoms with Crippen LogP contribution in [0.1, 0.15) is 0 Å². The summed E-state index contributed by atoms with van der Waals surface area (Å²) in [5.74, 6) is 0. The Morgan fingerprint density at radius 2 is 0.719 bits per heavy atom. The largest absolute Gasteiger partial charge is 0.455 e. The van der Waals surface area contributed by atoms with Crippen LogP contribution in [-0.4, -0.2) is 0 Å². The molecule has 0 saturated heterocycles. The van der Waals surface area contributed by atoms with Gasteiger partial charge in [-0.25, -0.2) is 0 Å². The van der Waals surface area contributed by atoms with Crippen LogP contribution in [0, 0.1) is 0 Å². The molecule has 12 aromatic rings. The van der Waals surface area contributed by atoms with Gasteiger partial charge in [-0.1, -0.05) is 188 Å². The number of anilines is 3. The molecule has 0 radical (unpaired) electrons. The molecule has 0 saturated carbocycles. The van der Waals surface area contributed by atoms with Crippen molar-refractivity contribution in [2.45, 2.75) is 0 Å². The normalized spacial score (nSPS) is 11.4. The lowest BCUT2D eigenvalue weighted by Crippen LogP contribution is -2.09. The van der Waals surface area contributed by atoms with Crippen LogP contribution >= 0.6 is 0 Å². The number of hydrogen-bond donors (Lipinski definition) is 0. The van der Waals surface area contributed by atoms with Gasteiger partial charge in [-0.3, -0.25) is 0 Å². The molecule has 2 heteroatoms. The van der Waals surface area contributed by atoms with Crippen LogP contribution in [0.25, 0.3) is 99.1 Å². The fraction of sp³-hybridized carbons (Fsp3) is 0. The highest BCUT2D eigenvalue weighted by Gasteiger charge is 2.17. The van der Waals surface area contributed by atoms with Crippen molar-refractivity contribution in [3.8, 4) is 55.6 Å². The van der Waals surface area contributed by atoms with E-state index in [0.717, 1.165) is 55.5 Å². The molecule has 300 valence electrons. The highest BCUT2D eigenvalue weighted by Crippen LogP contribution is 2.42. The molecular formula is C62H41NO. The van der Waals surface area contributed by atoms with E-state index < -0.39 is 0 Å². The maximum absolute atomic E-state index is 6.55. The van der Waals surface area contributed by atoms with Crippen molar-refractivity contribution in [3.63, 3.8) is 0 Å². The molecule has 0 aliphatic heterocycles. The number of rotatable bonds is 8. The summed E-state index contributed by atoms with van der Waals surface area (Å²) in [6.45, 7) is 0.